The van der Waals surface area contributed by atoms with Crippen molar-refractivity contribution in [3.8, 4) is 28.3 Å². The fraction of sp³-hybridized carbons (Fsp3) is 0.281. The van der Waals surface area contributed by atoms with Gasteiger partial charge in [0.15, 0.2) is 5.82 Å². The molecule has 1 atom stereocenters. The van der Waals surface area contributed by atoms with Crippen LogP contribution in [-0.4, -0.2) is 65.7 Å². The number of nitrogens with zero attached hydrogens (tertiary/aromatic N) is 7. The zero-order valence-electron chi connectivity index (χ0n) is 25.6. The quantitative estimate of drug-likeness (QED) is 0.261. The van der Waals surface area contributed by atoms with E-state index in [2.05, 4.69) is 36.9 Å². The minimum absolute atomic E-state index is 0.184. The maximum absolute atomic E-state index is 13.1. The Morgan fingerprint density at radius 1 is 1.04 bits per heavy atom. The summed E-state index contributed by atoms with van der Waals surface area (Å²) >= 11 is 13.9. The van der Waals surface area contributed by atoms with Gasteiger partial charge in [0.05, 0.1) is 28.5 Å². The number of carbonyl (C=O) groups excluding carboxylic acids is 1. The van der Waals surface area contributed by atoms with Gasteiger partial charge in [0.2, 0.25) is 5.88 Å². The number of ether oxygens (including phenoxy) is 1. The van der Waals surface area contributed by atoms with Crippen LogP contribution < -0.4 is 21.3 Å². The number of pyridine rings is 1. The Kier molecular flexibility index (Phi) is 7.90. The Morgan fingerprint density at radius 3 is 2.49 bits per heavy atom. The Labute approximate surface area is 278 Å². The number of hydrogen-bond donors (Lipinski definition) is 2. The number of tetrazole rings is 1. The van der Waals surface area contributed by atoms with Gasteiger partial charge in [-0.3, -0.25) is 19.1 Å². The van der Waals surface area contributed by atoms with Crippen LogP contribution in [0.3, 0.4) is 0 Å². The van der Waals surface area contributed by atoms with Crippen molar-refractivity contribution in [2.75, 3.05) is 25.5 Å². The summed E-state index contributed by atoms with van der Waals surface area (Å²) in [7, 11) is 4.40. The van der Waals surface area contributed by atoms with E-state index < -0.39 is 17.2 Å². The summed E-state index contributed by atoms with van der Waals surface area (Å²) in [5.41, 5.74) is 3.67. The van der Waals surface area contributed by atoms with E-state index in [1.807, 2.05) is 18.2 Å². The van der Waals surface area contributed by atoms with Gasteiger partial charge in [-0.2, -0.15) is 5.21 Å². The number of anilines is 1. The largest absolute Gasteiger partial charge is 0.481 e. The average Bonchev–Trinajstić information content (AvgIpc) is 3.73. The van der Waals surface area contributed by atoms with E-state index in [-0.39, 0.29) is 28.2 Å². The number of benzene rings is 2. The van der Waals surface area contributed by atoms with Crippen molar-refractivity contribution in [1.82, 2.24) is 39.6 Å². The first-order chi connectivity index (χ1) is 22.7. The lowest BCUT2D eigenvalue weighted by Crippen LogP contribution is -2.46. The van der Waals surface area contributed by atoms with Gasteiger partial charge in [0, 0.05) is 67.6 Å². The van der Waals surface area contributed by atoms with Crippen LogP contribution in [0.2, 0.25) is 10.0 Å². The van der Waals surface area contributed by atoms with Crippen LogP contribution in [0.5, 0.6) is 5.88 Å². The second kappa shape index (κ2) is 12.1. The fourth-order valence-corrected chi connectivity index (χ4v) is 7.04. The van der Waals surface area contributed by atoms with E-state index in [9.17, 15) is 14.4 Å². The first-order valence-corrected chi connectivity index (χ1v) is 15.6. The zero-order chi connectivity index (χ0) is 33.0. The van der Waals surface area contributed by atoms with E-state index >= 15 is 0 Å². The molecular formula is C32H29Cl2N9O4. The molecular weight excluding hydrogens is 645 g/mol. The highest BCUT2D eigenvalue weighted by Gasteiger charge is 2.40. The molecule has 4 heterocycles. The molecule has 1 aliphatic heterocycles. The second-order valence-corrected chi connectivity index (χ2v) is 12.4. The van der Waals surface area contributed by atoms with Crippen molar-refractivity contribution in [3.05, 3.63) is 102 Å². The van der Waals surface area contributed by atoms with Crippen molar-refractivity contribution < 1.29 is 9.53 Å². The molecule has 1 saturated heterocycles. The van der Waals surface area contributed by atoms with Gasteiger partial charge in [0.1, 0.15) is 5.56 Å². The normalized spacial score (nSPS) is 16.1. The molecule has 1 aliphatic carbocycles. The second-order valence-electron chi connectivity index (χ2n) is 11.7. The molecule has 1 amide bonds. The summed E-state index contributed by atoms with van der Waals surface area (Å²) in [4.78, 5) is 45.1. The molecule has 240 valence electrons. The number of carbonyl (C=O) groups is 1. The van der Waals surface area contributed by atoms with Gasteiger partial charge in [-0.25, -0.2) is 9.78 Å². The Hall–Kier alpha value is -4.85. The molecule has 1 fully saturated rings. The standard InChI is InChI=1S/C32H29Cl2N9O4/c1-41-15-21(31(45)42(2)32(41)46)29(44)35-22-9-5-7-19(27(22)34)18-6-4-8-20(26(18)33)23-12-16-10-11-24(25(16)30(36-23)47-3)43-13-17(14-43)28-37-39-40-38-28/h4-9,12,15,17,24H,10-11,13-14H2,1-3H3,(H,35,44)(H,37,38,39,40). The van der Waals surface area contributed by atoms with Crippen LogP contribution in [0.25, 0.3) is 22.4 Å². The molecule has 1 unspecified atom stereocenters. The first kappa shape index (κ1) is 30.8. The third-order valence-corrected chi connectivity index (χ3v) is 9.72. The van der Waals surface area contributed by atoms with Crippen LogP contribution in [0.1, 0.15) is 45.7 Å². The lowest BCUT2D eigenvalue weighted by atomic mass is 9.94. The highest BCUT2D eigenvalue weighted by molar-refractivity contribution is 6.39. The van der Waals surface area contributed by atoms with Crippen molar-refractivity contribution in [2.24, 2.45) is 14.1 Å². The number of amides is 1. The van der Waals surface area contributed by atoms with Crippen molar-refractivity contribution in [2.45, 2.75) is 24.8 Å². The minimum Gasteiger partial charge on any atom is -0.481 e. The smallest absolute Gasteiger partial charge is 0.330 e. The van der Waals surface area contributed by atoms with Gasteiger partial charge in [-0.05, 0) is 30.5 Å². The van der Waals surface area contributed by atoms with Gasteiger partial charge >= 0.3 is 5.69 Å². The number of hydrogen-bond acceptors (Lipinski definition) is 9. The Bertz CT molecular complexity index is 2160. The molecule has 47 heavy (non-hydrogen) atoms. The topological polar surface area (TPSA) is 153 Å². The number of aryl methyl sites for hydroxylation is 2. The summed E-state index contributed by atoms with van der Waals surface area (Å²) in [6.07, 6.45) is 3.02. The molecule has 2 N–H and O–H groups in total. The van der Waals surface area contributed by atoms with Gasteiger partial charge < -0.3 is 14.6 Å². The number of aromatic amines is 1. The van der Waals surface area contributed by atoms with Crippen LogP contribution >= 0.6 is 23.2 Å². The van der Waals surface area contributed by atoms with Gasteiger partial charge in [-0.15, -0.1) is 10.2 Å². The van der Waals surface area contributed by atoms with Gasteiger partial charge in [-0.1, -0.05) is 58.7 Å². The maximum Gasteiger partial charge on any atom is 0.330 e. The Morgan fingerprint density at radius 2 is 1.77 bits per heavy atom. The van der Waals surface area contributed by atoms with Crippen molar-refractivity contribution >= 4 is 34.8 Å². The molecule has 0 radical (unpaired) electrons. The lowest BCUT2D eigenvalue weighted by molar-refractivity contribution is 0.0860. The van der Waals surface area contributed by atoms with E-state index in [0.717, 1.165) is 47.4 Å². The number of nitrogens with one attached hydrogen (secondary N) is 2. The molecule has 0 bridgehead atoms. The van der Waals surface area contributed by atoms with Crippen molar-refractivity contribution in [1.29, 1.82) is 0 Å². The third-order valence-electron chi connectivity index (χ3n) is 8.90. The predicted octanol–water partition coefficient (Wildman–Crippen LogP) is 3.98. The number of H-pyrrole nitrogens is 1. The highest BCUT2D eigenvalue weighted by atomic mass is 35.5. The molecule has 15 heteroatoms. The molecule has 2 aromatic carbocycles. The number of aromatic nitrogens is 7. The summed E-state index contributed by atoms with van der Waals surface area (Å²) in [6, 6.07) is 13.0. The maximum atomic E-state index is 13.1. The number of halogens is 2. The number of rotatable bonds is 7. The fourth-order valence-electron chi connectivity index (χ4n) is 6.44. The van der Waals surface area contributed by atoms with Crippen molar-refractivity contribution in [3.63, 3.8) is 0 Å². The SMILES string of the molecule is COc1nc(-c2cccc(-c3cccc(NC(=O)c4cn(C)c(=O)n(C)c4=O)c3Cl)c2Cl)cc2c1C(N1CC(c3nn[nH]n3)C1)CC2. The number of fused-ring (bicyclic) bond motifs is 1. The minimum atomic E-state index is -0.713. The van der Waals surface area contributed by atoms with Crippen LogP contribution in [0.15, 0.2) is 58.3 Å². The summed E-state index contributed by atoms with van der Waals surface area (Å²) < 4.78 is 7.88. The van der Waals surface area contributed by atoms with Gasteiger partial charge in [0.25, 0.3) is 11.5 Å². The molecule has 7 rings (SSSR count). The first-order valence-electron chi connectivity index (χ1n) is 14.9. The molecule has 3 aromatic heterocycles. The van der Waals surface area contributed by atoms with E-state index in [1.165, 1.54) is 24.9 Å². The van der Waals surface area contributed by atoms with E-state index in [0.29, 0.717) is 33.3 Å². The molecule has 0 saturated carbocycles. The highest BCUT2D eigenvalue weighted by Crippen LogP contribution is 2.47. The van der Waals surface area contributed by atoms with E-state index in [1.54, 1.807) is 25.3 Å². The monoisotopic (exact) mass is 673 g/mol. The summed E-state index contributed by atoms with van der Waals surface area (Å²) in [5, 5.41) is 17.9. The Balaban J connectivity index is 1.18. The molecule has 2 aliphatic rings. The lowest BCUT2D eigenvalue weighted by Gasteiger charge is -2.42. The van der Waals surface area contributed by atoms with Crippen LogP contribution in [-0.2, 0) is 20.5 Å². The average molecular weight is 675 g/mol. The third kappa shape index (κ3) is 5.29. The predicted molar refractivity (Wildman–Crippen MR) is 176 cm³/mol. The van der Waals surface area contributed by atoms with Crippen LogP contribution in [0, 0.1) is 0 Å². The van der Waals surface area contributed by atoms with Crippen LogP contribution in [0.4, 0.5) is 5.69 Å². The molecule has 0 spiro atoms. The molecule has 5 aromatic rings. The zero-order valence-corrected chi connectivity index (χ0v) is 27.1. The van der Waals surface area contributed by atoms with E-state index in [4.69, 9.17) is 32.9 Å². The summed E-state index contributed by atoms with van der Waals surface area (Å²) in [5.74, 6) is 0.850. The number of methoxy groups -OCH3 is 1. The number of likely N-dealkylation sites (tertiary alicyclic amines) is 1. The summed E-state index contributed by atoms with van der Waals surface area (Å²) in [6.45, 7) is 1.68. The molecule has 13 nitrogen and oxygen atoms in total.